The Labute approximate surface area is 151 Å². The lowest BCUT2D eigenvalue weighted by molar-refractivity contribution is -0.947. The topological polar surface area (TPSA) is 35.5 Å². The van der Waals surface area contributed by atoms with Crippen molar-refractivity contribution in [3.63, 3.8) is 0 Å². The standard InChI is InChI=1S/C21H30NO3/c1-22-14-6-5-10-19(22)18(9-7-15-22)16-25-21(23)13-12-17-8-3-4-11-20(17)24-2/h3-4,8,11-13,18-19H,5-7,9-10,14-16H2,1-2H3/q+1. The van der Waals surface area contributed by atoms with Gasteiger partial charge in [-0.3, -0.25) is 0 Å². The van der Waals surface area contributed by atoms with E-state index in [0.29, 0.717) is 18.6 Å². The molecular formula is C21H30NO3+. The molecule has 0 N–H and O–H groups in total. The third kappa shape index (κ3) is 4.24. The summed E-state index contributed by atoms with van der Waals surface area (Å²) in [7, 11) is 4.02. The van der Waals surface area contributed by atoms with Crippen molar-refractivity contribution in [3.05, 3.63) is 35.9 Å². The highest BCUT2D eigenvalue weighted by molar-refractivity contribution is 5.87. The third-order valence-electron chi connectivity index (χ3n) is 5.99. The molecule has 3 rings (SSSR count). The van der Waals surface area contributed by atoms with Gasteiger partial charge >= 0.3 is 5.97 Å². The van der Waals surface area contributed by atoms with E-state index in [9.17, 15) is 4.79 Å². The summed E-state index contributed by atoms with van der Waals surface area (Å²) in [6.45, 7) is 3.11. The molecular weight excluding hydrogens is 314 g/mol. The number of methoxy groups -OCH3 is 1. The van der Waals surface area contributed by atoms with Gasteiger partial charge in [0, 0.05) is 24.0 Å². The van der Waals surface area contributed by atoms with Gasteiger partial charge in [-0.2, -0.15) is 0 Å². The Bertz CT molecular complexity index is 623. The van der Waals surface area contributed by atoms with Crippen molar-refractivity contribution in [2.45, 2.75) is 38.1 Å². The highest BCUT2D eigenvalue weighted by Crippen LogP contribution is 2.36. The molecule has 25 heavy (non-hydrogen) atoms. The van der Waals surface area contributed by atoms with Crippen molar-refractivity contribution < 1.29 is 18.8 Å². The molecule has 0 saturated carbocycles. The highest BCUT2D eigenvalue weighted by atomic mass is 16.5. The zero-order chi connectivity index (χ0) is 17.7. The van der Waals surface area contributed by atoms with Crippen LogP contribution in [0.4, 0.5) is 0 Å². The predicted molar refractivity (Wildman–Crippen MR) is 99.3 cm³/mol. The van der Waals surface area contributed by atoms with Crippen LogP contribution in [0.1, 0.15) is 37.7 Å². The molecule has 2 heterocycles. The van der Waals surface area contributed by atoms with E-state index in [-0.39, 0.29) is 5.97 Å². The fraction of sp³-hybridized carbons (Fsp3) is 0.571. The largest absolute Gasteiger partial charge is 0.496 e. The second-order valence-electron chi connectivity index (χ2n) is 7.60. The summed E-state index contributed by atoms with van der Waals surface area (Å²) in [6, 6.07) is 8.31. The van der Waals surface area contributed by atoms with E-state index in [1.54, 1.807) is 13.2 Å². The van der Waals surface area contributed by atoms with Gasteiger partial charge in [-0.15, -0.1) is 0 Å². The van der Waals surface area contributed by atoms with E-state index in [0.717, 1.165) is 11.3 Å². The molecule has 3 atom stereocenters. The molecule has 0 radical (unpaired) electrons. The van der Waals surface area contributed by atoms with Crippen LogP contribution < -0.4 is 4.74 Å². The first-order valence-corrected chi connectivity index (χ1v) is 9.44. The molecule has 2 aliphatic rings. The van der Waals surface area contributed by atoms with Crippen LogP contribution in [0.15, 0.2) is 30.3 Å². The van der Waals surface area contributed by atoms with Gasteiger partial charge in [0.05, 0.1) is 33.3 Å². The Morgan fingerprint density at radius 3 is 2.84 bits per heavy atom. The van der Waals surface area contributed by atoms with Gasteiger partial charge in [0.15, 0.2) is 0 Å². The number of fused-ring (bicyclic) bond motifs is 1. The predicted octanol–water partition coefficient (Wildman–Crippen LogP) is 3.66. The number of hydrogen-bond acceptors (Lipinski definition) is 3. The molecule has 0 amide bonds. The number of piperidine rings is 2. The summed E-state index contributed by atoms with van der Waals surface area (Å²) in [6.07, 6.45) is 9.63. The van der Waals surface area contributed by atoms with Gasteiger partial charge in [-0.05, 0) is 37.8 Å². The van der Waals surface area contributed by atoms with Gasteiger partial charge in [0.2, 0.25) is 0 Å². The van der Waals surface area contributed by atoms with Crippen LogP contribution in [0.3, 0.4) is 0 Å². The van der Waals surface area contributed by atoms with E-state index in [1.807, 2.05) is 24.3 Å². The van der Waals surface area contributed by atoms with Crippen LogP contribution in [0.5, 0.6) is 5.75 Å². The molecule has 4 heteroatoms. The number of rotatable bonds is 5. The molecule has 0 spiro atoms. The maximum absolute atomic E-state index is 12.1. The summed E-state index contributed by atoms with van der Waals surface area (Å²) in [5.41, 5.74) is 0.885. The van der Waals surface area contributed by atoms with Crippen LogP contribution in [0, 0.1) is 5.92 Å². The van der Waals surface area contributed by atoms with Crippen molar-refractivity contribution in [1.82, 2.24) is 0 Å². The van der Waals surface area contributed by atoms with Crippen molar-refractivity contribution in [2.75, 3.05) is 33.9 Å². The Kier molecular flexibility index (Phi) is 5.79. The Morgan fingerprint density at radius 2 is 2.00 bits per heavy atom. The maximum Gasteiger partial charge on any atom is 0.330 e. The first-order chi connectivity index (χ1) is 12.1. The zero-order valence-corrected chi connectivity index (χ0v) is 15.4. The number of esters is 1. The lowest BCUT2D eigenvalue weighted by Gasteiger charge is -2.51. The smallest absolute Gasteiger partial charge is 0.330 e. The molecule has 2 aliphatic heterocycles. The van der Waals surface area contributed by atoms with Crippen LogP contribution in [0.2, 0.25) is 0 Å². The lowest BCUT2D eigenvalue weighted by Crippen LogP contribution is -2.61. The molecule has 1 aromatic rings. The van der Waals surface area contributed by atoms with Gasteiger partial charge in [0.25, 0.3) is 0 Å². The van der Waals surface area contributed by atoms with Crippen LogP contribution >= 0.6 is 0 Å². The Hall–Kier alpha value is -1.81. The second kappa shape index (κ2) is 8.05. The first-order valence-electron chi connectivity index (χ1n) is 9.44. The minimum absolute atomic E-state index is 0.263. The number of quaternary nitrogens is 1. The summed E-state index contributed by atoms with van der Waals surface area (Å²) in [5, 5.41) is 0. The number of para-hydroxylation sites is 1. The van der Waals surface area contributed by atoms with Crippen molar-refractivity contribution >= 4 is 12.0 Å². The van der Waals surface area contributed by atoms with Crippen molar-refractivity contribution in [1.29, 1.82) is 0 Å². The van der Waals surface area contributed by atoms with E-state index in [2.05, 4.69) is 7.05 Å². The third-order valence-corrected chi connectivity index (χ3v) is 5.99. The minimum Gasteiger partial charge on any atom is -0.496 e. The average Bonchev–Trinajstić information content (AvgIpc) is 2.64. The molecule has 2 saturated heterocycles. The number of hydrogen-bond donors (Lipinski definition) is 0. The lowest BCUT2D eigenvalue weighted by atomic mass is 9.82. The molecule has 3 unspecified atom stereocenters. The highest BCUT2D eigenvalue weighted by Gasteiger charge is 2.43. The molecule has 0 aromatic heterocycles. The minimum atomic E-state index is -0.263. The molecule has 0 bridgehead atoms. The summed E-state index contributed by atoms with van der Waals surface area (Å²) in [5.74, 6) is 0.998. The zero-order valence-electron chi connectivity index (χ0n) is 15.4. The monoisotopic (exact) mass is 344 g/mol. The van der Waals surface area contributed by atoms with E-state index in [1.165, 1.54) is 55.8 Å². The van der Waals surface area contributed by atoms with Crippen LogP contribution in [-0.4, -0.2) is 50.3 Å². The van der Waals surface area contributed by atoms with E-state index >= 15 is 0 Å². The number of nitrogens with zero attached hydrogens (tertiary/aromatic N) is 1. The molecule has 136 valence electrons. The average molecular weight is 344 g/mol. The summed E-state index contributed by atoms with van der Waals surface area (Å²) in [4.78, 5) is 12.1. The number of carbonyl (C=O) groups is 1. The fourth-order valence-corrected chi connectivity index (χ4v) is 4.63. The number of carbonyl (C=O) groups excluding carboxylic acids is 1. The normalized spacial score (nSPS) is 29.2. The summed E-state index contributed by atoms with van der Waals surface area (Å²) >= 11 is 0. The Balaban J connectivity index is 1.56. The second-order valence-corrected chi connectivity index (χ2v) is 7.60. The molecule has 0 aliphatic carbocycles. The number of benzene rings is 1. The van der Waals surface area contributed by atoms with Gasteiger partial charge in [0.1, 0.15) is 12.4 Å². The first kappa shape index (κ1) is 18.0. The fourth-order valence-electron chi connectivity index (χ4n) is 4.63. The summed E-state index contributed by atoms with van der Waals surface area (Å²) < 4.78 is 12.1. The van der Waals surface area contributed by atoms with Crippen LogP contribution in [0.25, 0.3) is 6.08 Å². The van der Waals surface area contributed by atoms with E-state index < -0.39 is 0 Å². The molecule has 4 nitrogen and oxygen atoms in total. The van der Waals surface area contributed by atoms with Crippen molar-refractivity contribution in [3.8, 4) is 5.75 Å². The van der Waals surface area contributed by atoms with Gasteiger partial charge < -0.3 is 14.0 Å². The van der Waals surface area contributed by atoms with Crippen molar-refractivity contribution in [2.24, 2.45) is 5.92 Å². The van der Waals surface area contributed by atoms with E-state index in [4.69, 9.17) is 9.47 Å². The molecule has 1 aromatic carbocycles. The van der Waals surface area contributed by atoms with Crippen LogP contribution in [-0.2, 0) is 9.53 Å². The molecule has 2 fully saturated rings. The SMILES string of the molecule is COc1ccccc1C=CC(=O)OCC1CCC[N+]2(C)CCCCC12. The van der Waals surface area contributed by atoms with Gasteiger partial charge in [-0.1, -0.05) is 18.2 Å². The number of ether oxygens (including phenoxy) is 2. The quantitative estimate of drug-likeness (QED) is 0.464. The maximum atomic E-state index is 12.1. The van der Waals surface area contributed by atoms with Gasteiger partial charge in [-0.25, -0.2) is 4.79 Å². The Morgan fingerprint density at radius 1 is 1.20 bits per heavy atom.